The molecular weight excluding hydrogens is 238 g/mol. The molecule has 0 aliphatic carbocycles. The summed E-state index contributed by atoms with van der Waals surface area (Å²) in [6.45, 7) is 7.03. The molecule has 0 fully saturated rings. The van der Waals surface area contributed by atoms with E-state index in [-0.39, 0.29) is 11.9 Å². The van der Waals surface area contributed by atoms with Crippen molar-refractivity contribution in [1.29, 1.82) is 0 Å². The first-order valence-electron chi connectivity index (χ1n) is 6.87. The van der Waals surface area contributed by atoms with E-state index in [1.54, 1.807) is 6.20 Å². The highest BCUT2D eigenvalue weighted by Crippen LogP contribution is 2.19. The van der Waals surface area contributed by atoms with Gasteiger partial charge in [0.15, 0.2) is 0 Å². The van der Waals surface area contributed by atoms with Crippen LogP contribution in [0.5, 0.6) is 0 Å². The average Bonchev–Trinajstić information content (AvgIpc) is 2.77. The van der Waals surface area contributed by atoms with Gasteiger partial charge in [0.05, 0.1) is 6.42 Å². The molecule has 0 radical (unpaired) electrons. The van der Waals surface area contributed by atoms with E-state index < -0.39 is 0 Å². The lowest BCUT2D eigenvalue weighted by molar-refractivity contribution is -0.121. The van der Waals surface area contributed by atoms with Crippen LogP contribution in [0.25, 0.3) is 11.0 Å². The van der Waals surface area contributed by atoms with Crippen molar-refractivity contribution in [3.05, 3.63) is 30.1 Å². The number of carbonyl (C=O) groups excluding carboxylic acids is 1. The van der Waals surface area contributed by atoms with E-state index in [0.29, 0.717) is 6.42 Å². The van der Waals surface area contributed by atoms with Gasteiger partial charge in [-0.15, -0.1) is 0 Å². The molecule has 0 saturated heterocycles. The third-order valence-corrected chi connectivity index (χ3v) is 3.43. The zero-order valence-corrected chi connectivity index (χ0v) is 11.8. The Morgan fingerprint density at radius 1 is 1.47 bits per heavy atom. The summed E-state index contributed by atoms with van der Waals surface area (Å²) >= 11 is 0. The molecule has 2 rings (SSSR count). The van der Waals surface area contributed by atoms with Crippen LogP contribution in [0.1, 0.15) is 32.8 Å². The number of hydrogen-bond acceptors (Lipinski definition) is 2. The number of fused-ring (bicyclic) bond motifs is 1. The van der Waals surface area contributed by atoms with Gasteiger partial charge in [0, 0.05) is 30.4 Å². The highest BCUT2D eigenvalue weighted by atomic mass is 16.1. The van der Waals surface area contributed by atoms with Gasteiger partial charge in [0.25, 0.3) is 0 Å². The summed E-state index contributed by atoms with van der Waals surface area (Å²) in [5, 5.41) is 4.07. The normalized spacial score (nSPS) is 12.6. The van der Waals surface area contributed by atoms with E-state index >= 15 is 0 Å². The number of aromatic nitrogens is 2. The zero-order chi connectivity index (χ0) is 13.8. The van der Waals surface area contributed by atoms with Crippen molar-refractivity contribution in [2.45, 2.75) is 46.2 Å². The van der Waals surface area contributed by atoms with Crippen LogP contribution < -0.4 is 5.32 Å². The zero-order valence-electron chi connectivity index (χ0n) is 11.8. The van der Waals surface area contributed by atoms with Crippen LogP contribution in [0, 0.1) is 0 Å². The molecule has 19 heavy (non-hydrogen) atoms. The summed E-state index contributed by atoms with van der Waals surface area (Å²) in [4.78, 5) is 16.4. The smallest absolute Gasteiger partial charge is 0.224 e. The second-order valence-corrected chi connectivity index (χ2v) is 4.87. The predicted octanol–water partition coefficient (Wildman–Crippen LogP) is 2.51. The molecule has 2 aromatic rings. The Hall–Kier alpha value is -1.84. The number of pyridine rings is 1. The number of hydrogen-bond donors (Lipinski definition) is 1. The van der Waals surface area contributed by atoms with Crippen molar-refractivity contribution in [3.8, 4) is 0 Å². The van der Waals surface area contributed by atoms with Gasteiger partial charge in [-0.25, -0.2) is 4.98 Å². The summed E-state index contributed by atoms with van der Waals surface area (Å²) in [5.74, 6) is 0.0772. The van der Waals surface area contributed by atoms with Gasteiger partial charge in [-0.1, -0.05) is 6.92 Å². The van der Waals surface area contributed by atoms with Crippen LogP contribution in [0.15, 0.2) is 24.5 Å². The van der Waals surface area contributed by atoms with E-state index in [1.807, 2.05) is 25.3 Å². The highest BCUT2D eigenvalue weighted by Gasteiger charge is 2.12. The fourth-order valence-electron chi connectivity index (χ4n) is 2.18. The van der Waals surface area contributed by atoms with Gasteiger partial charge in [0.1, 0.15) is 5.65 Å². The maximum absolute atomic E-state index is 12.0. The lowest BCUT2D eigenvalue weighted by atomic mass is 10.1. The Bertz CT molecular complexity index is 574. The number of nitrogens with one attached hydrogen (secondary N) is 1. The van der Waals surface area contributed by atoms with Gasteiger partial charge in [0.2, 0.25) is 5.91 Å². The monoisotopic (exact) mass is 259 g/mol. The van der Waals surface area contributed by atoms with Gasteiger partial charge in [-0.05, 0) is 38.0 Å². The van der Waals surface area contributed by atoms with Crippen molar-refractivity contribution < 1.29 is 4.79 Å². The molecule has 0 unspecified atom stereocenters. The molecule has 1 atom stereocenters. The van der Waals surface area contributed by atoms with Crippen molar-refractivity contribution in [3.63, 3.8) is 0 Å². The Balaban J connectivity index is 2.23. The molecule has 0 aliphatic rings. The van der Waals surface area contributed by atoms with E-state index in [0.717, 1.165) is 29.6 Å². The minimum atomic E-state index is 0.0772. The van der Waals surface area contributed by atoms with Crippen LogP contribution in [-0.2, 0) is 17.8 Å². The Morgan fingerprint density at radius 2 is 2.26 bits per heavy atom. The Labute approximate surface area is 113 Å². The summed E-state index contributed by atoms with van der Waals surface area (Å²) < 4.78 is 2.08. The number of rotatable bonds is 5. The minimum Gasteiger partial charge on any atom is -0.353 e. The third kappa shape index (κ3) is 2.95. The lowest BCUT2D eigenvalue weighted by Crippen LogP contribution is -2.33. The first-order chi connectivity index (χ1) is 9.15. The van der Waals surface area contributed by atoms with Crippen molar-refractivity contribution in [2.75, 3.05) is 0 Å². The van der Waals surface area contributed by atoms with Crippen molar-refractivity contribution in [2.24, 2.45) is 0 Å². The molecule has 1 amide bonds. The van der Waals surface area contributed by atoms with Crippen LogP contribution in [-0.4, -0.2) is 21.5 Å². The van der Waals surface area contributed by atoms with Gasteiger partial charge in [-0.3, -0.25) is 4.79 Å². The molecule has 2 heterocycles. The number of aryl methyl sites for hydroxylation is 1. The van der Waals surface area contributed by atoms with E-state index in [4.69, 9.17) is 0 Å². The summed E-state index contributed by atoms with van der Waals surface area (Å²) in [6, 6.07) is 4.17. The van der Waals surface area contributed by atoms with Crippen molar-refractivity contribution >= 4 is 16.9 Å². The maximum atomic E-state index is 12.0. The topological polar surface area (TPSA) is 46.9 Å². The second-order valence-electron chi connectivity index (χ2n) is 4.87. The number of carbonyl (C=O) groups is 1. The van der Waals surface area contributed by atoms with E-state index in [1.165, 1.54) is 0 Å². The molecule has 0 saturated carbocycles. The van der Waals surface area contributed by atoms with Crippen LogP contribution >= 0.6 is 0 Å². The van der Waals surface area contributed by atoms with Crippen LogP contribution in [0.3, 0.4) is 0 Å². The molecule has 102 valence electrons. The third-order valence-electron chi connectivity index (χ3n) is 3.43. The predicted molar refractivity (Wildman–Crippen MR) is 77.0 cm³/mol. The molecule has 0 aromatic carbocycles. The van der Waals surface area contributed by atoms with Crippen LogP contribution in [0.4, 0.5) is 0 Å². The quantitative estimate of drug-likeness (QED) is 0.897. The standard InChI is InChI=1S/C15H21N3O/c1-4-11(3)17-14(19)9-12-10-18(5-2)15-13(12)7-6-8-16-15/h6-8,10-11H,4-5,9H2,1-3H3,(H,17,19)/t11-/m1/s1. The fourth-order valence-corrected chi connectivity index (χ4v) is 2.18. The minimum absolute atomic E-state index is 0.0772. The van der Waals surface area contributed by atoms with Gasteiger partial charge >= 0.3 is 0 Å². The Kier molecular flexibility index (Phi) is 4.20. The first kappa shape index (κ1) is 13.6. The first-order valence-corrected chi connectivity index (χ1v) is 6.87. The molecule has 1 N–H and O–H groups in total. The molecule has 0 bridgehead atoms. The maximum Gasteiger partial charge on any atom is 0.224 e. The molecule has 4 nitrogen and oxygen atoms in total. The largest absolute Gasteiger partial charge is 0.353 e. The number of amides is 1. The van der Waals surface area contributed by atoms with E-state index in [2.05, 4.69) is 28.7 Å². The van der Waals surface area contributed by atoms with Crippen molar-refractivity contribution in [1.82, 2.24) is 14.9 Å². The van der Waals surface area contributed by atoms with Gasteiger partial charge < -0.3 is 9.88 Å². The molecular formula is C15H21N3O. The van der Waals surface area contributed by atoms with E-state index in [9.17, 15) is 4.79 Å². The number of nitrogens with zero attached hydrogens (tertiary/aromatic N) is 2. The lowest BCUT2D eigenvalue weighted by Gasteiger charge is -2.10. The summed E-state index contributed by atoms with van der Waals surface area (Å²) in [5.41, 5.74) is 2.00. The molecule has 2 aromatic heterocycles. The second kappa shape index (κ2) is 5.87. The highest BCUT2D eigenvalue weighted by molar-refractivity contribution is 5.87. The van der Waals surface area contributed by atoms with Crippen LogP contribution in [0.2, 0.25) is 0 Å². The SMILES string of the molecule is CC[C@@H](C)NC(=O)Cc1cn(CC)c2ncccc12. The average molecular weight is 259 g/mol. The molecule has 0 aliphatic heterocycles. The fraction of sp³-hybridized carbons (Fsp3) is 0.467. The summed E-state index contributed by atoms with van der Waals surface area (Å²) in [7, 11) is 0. The summed E-state index contributed by atoms with van der Waals surface area (Å²) in [6.07, 6.45) is 5.19. The molecule has 4 heteroatoms. The molecule has 0 spiro atoms. The van der Waals surface area contributed by atoms with Gasteiger partial charge in [-0.2, -0.15) is 0 Å². The Morgan fingerprint density at radius 3 is 2.95 bits per heavy atom.